The highest BCUT2D eigenvalue weighted by atomic mass is 35.7. The predicted molar refractivity (Wildman–Crippen MR) is 199 cm³/mol. The summed E-state index contributed by atoms with van der Waals surface area (Å²) in [6, 6.07) is 5.52. The molecular weight excluding hydrogens is 860 g/mol. The molecule has 13 nitrogen and oxygen atoms in total. The van der Waals surface area contributed by atoms with Gasteiger partial charge in [-0.3, -0.25) is 0 Å². The fourth-order valence-corrected chi connectivity index (χ4v) is 8.12. The third kappa shape index (κ3) is 17.7. The van der Waals surface area contributed by atoms with Crippen molar-refractivity contribution in [2.45, 2.75) is 51.5 Å². The molecule has 3 aromatic carbocycles. The number of anilines is 1. The van der Waals surface area contributed by atoms with Crippen LogP contribution in [-0.4, -0.2) is 79.7 Å². The maximum atomic E-state index is 13.9. The Morgan fingerprint density at radius 1 is 0.596 bits per heavy atom. The predicted octanol–water partition coefficient (Wildman–Crippen LogP) is 6.36. The van der Waals surface area contributed by atoms with Gasteiger partial charge in [-0.25, -0.2) is 66.0 Å². The maximum Gasteiger partial charge on any atom is 0.343 e. The van der Waals surface area contributed by atoms with Gasteiger partial charge in [0.05, 0.1) is 48.7 Å². The van der Waals surface area contributed by atoms with E-state index < -0.39 is 110 Å². The number of ether oxygens (including phenoxy) is 2. The minimum Gasteiger partial charge on any atom is -0.477 e. The average molecular weight is 900 g/mol. The van der Waals surface area contributed by atoms with Crippen molar-refractivity contribution in [2.75, 3.05) is 37.2 Å². The van der Waals surface area contributed by atoms with E-state index in [1.54, 1.807) is 20.8 Å². The van der Waals surface area contributed by atoms with Crippen molar-refractivity contribution in [3.63, 3.8) is 0 Å². The number of carbonyl (C=O) groups excluding carboxylic acids is 2. The first-order chi connectivity index (χ1) is 26.2. The summed E-state index contributed by atoms with van der Waals surface area (Å²) in [6.45, 7) is 5.10. The molecule has 0 saturated carbocycles. The van der Waals surface area contributed by atoms with E-state index >= 15 is 0 Å². The molecule has 0 heterocycles. The molecule has 0 spiro atoms. The summed E-state index contributed by atoms with van der Waals surface area (Å²) in [5.74, 6) is -12.3. The second-order valence-electron chi connectivity index (χ2n) is 11.3. The average Bonchev–Trinajstić information content (AvgIpc) is 3.09. The van der Waals surface area contributed by atoms with Crippen LogP contribution in [0.15, 0.2) is 36.4 Å². The van der Waals surface area contributed by atoms with Crippen LogP contribution >= 0.6 is 10.7 Å². The zero-order valence-electron chi connectivity index (χ0n) is 31.0. The van der Waals surface area contributed by atoms with Gasteiger partial charge in [0.15, 0.2) is 25.5 Å². The van der Waals surface area contributed by atoms with E-state index in [9.17, 15) is 66.0 Å². The highest BCUT2D eigenvalue weighted by Gasteiger charge is 2.25. The van der Waals surface area contributed by atoms with Gasteiger partial charge in [0, 0.05) is 21.8 Å². The van der Waals surface area contributed by atoms with Crippen molar-refractivity contribution in [3.8, 4) is 0 Å². The van der Waals surface area contributed by atoms with Gasteiger partial charge < -0.3 is 20.3 Å². The Labute approximate surface area is 330 Å². The molecule has 0 amide bonds. The number of carbonyl (C=O) groups is 3. The Kier molecular flexibility index (Phi) is 21.9. The monoisotopic (exact) mass is 899 g/mol. The Bertz CT molecular complexity index is 2220. The lowest BCUT2D eigenvalue weighted by Crippen LogP contribution is -2.14. The number of hydrogen-bond donors (Lipinski definition) is 2. The number of carboxylic acids is 1. The molecule has 0 fully saturated rings. The number of methoxy groups -OCH3 is 2. The van der Waals surface area contributed by atoms with E-state index in [-0.39, 0.29) is 34.1 Å². The molecule has 0 aliphatic heterocycles. The van der Waals surface area contributed by atoms with E-state index in [1.807, 2.05) is 0 Å². The normalized spacial score (nSPS) is 11.1. The molecule has 0 saturated heterocycles. The molecule has 3 rings (SSSR count). The summed E-state index contributed by atoms with van der Waals surface area (Å²) < 4.78 is 155. The second-order valence-corrected chi connectivity index (χ2v) is 18.6. The Hall–Kier alpha value is -4.41. The number of benzene rings is 3. The lowest BCUT2D eigenvalue weighted by molar-refractivity contribution is 0.0580. The number of esters is 2. The molecule has 0 radical (unpaired) electrons. The topological polar surface area (TPSA) is 218 Å². The van der Waals surface area contributed by atoms with Crippen LogP contribution in [0.4, 0.5) is 32.0 Å². The van der Waals surface area contributed by atoms with Gasteiger partial charge in [0.1, 0.15) is 45.8 Å². The van der Waals surface area contributed by atoms with Crippen molar-refractivity contribution in [2.24, 2.45) is 0 Å². The molecule has 0 aliphatic carbocycles. The molecule has 57 heavy (non-hydrogen) atoms. The molecule has 0 unspecified atom stereocenters. The fourth-order valence-electron chi connectivity index (χ4n) is 4.24. The van der Waals surface area contributed by atoms with Crippen LogP contribution in [0.2, 0.25) is 0 Å². The lowest BCUT2D eigenvalue weighted by atomic mass is 10.1. The van der Waals surface area contributed by atoms with Gasteiger partial charge in [-0.05, 0) is 43.5 Å². The Balaban J connectivity index is 0.000000771. The molecule has 3 aromatic rings. The second kappa shape index (κ2) is 23.7. The fraction of sp³-hybridized carbons (Fsp3) is 0.382. The molecule has 0 aromatic heterocycles. The minimum absolute atomic E-state index is 0.0779. The van der Waals surface area contributed by atoms with Gasteiger partial charge in [-0.1, -0.05) is 32.9 Å². The highest BCUT2D eigenvalue weighted by molar-refractivity contribution is 8.13. The largest absolute Gasteiger partial charge is 0.477 e. The molecule has 320 valence electrons. The number of aromatic carboxylic acids is 1. The third-order valence-electron chi connectivity index (χ3n) is 6.69. The summed E-state index contributed by atoms with van der Waals surface area (Å²) in [5, 5.41) is 8.64. The van der Waals surface area contributed by atoms with Crippen molar-refractivity contribution in [1.29, 1.82) is 0 Å². The number of halogens is 7. The zero-order valence-corrected chi connectivity index (χ0v) is 34.2. The summed E-state index contributed by atoms with van der Waals surface area (Å²) >= 11 is 0. The zero-order chi connectivity index (χ0) is 44.5. The number of carboxylic acid groups (broad SMARTS) is 1. The molecule has 3 N–H and O–H groups in total. The van der Waals surface area contributed by atoms with Gasteiger partial charge in [0.2, 0.25) is 9.05 Å². The molecule has 23 heteroatoms. The van der Waals surface area contributed by atoms with E-state index in [0.717, 1.165) is 50.6 Å². The first kappa shape index (κ1) is 52.6. The number of nitrogen functional groups attached to an aromatic ring is 1. The van der Waals surface area contributed by atoms with Gasteiger partial charge in [0.25, 0.3) is 0 Å². The SMILES string of the molecule is CCCS(=O)(=O)Cc1ccc(F)c(C(=O)O)c1F.CCCS(=O)(=O)Cc1ccc(F)c(C(=O)OC)c1F.CCCS(=O)(=O)Cl.COC(=O)c1c(F)ccc(N)c1F. The highest BCUT2D eigenvalue weighted by Crippen LogP contribution is 2.22. The van der Waals surface area contributed by atoms with Crippen LogP contribution in [0.5, 0.6) is 0 Å². The number of hydrogen-bond acceptors (Lipinski definition) is 12. The number of rotatable bonds is 13. The molecule has 0 atom stereocenters. The van der Waals surface area contributed by atoms with Crippen LogP contribution in [-0.2, 0) is 49.7 Å². The van der Waals surface area contributed by atoms with E-state index in [4.69, 9.17) is 21.5 Å². The van der Waals surface area contributed by atoms with E-state index in [1.165, 1.54) is 0 Å². The summed E-state index contributed by atoms with van der Waals surface area (Å²) in [7, 11) is -3.38. The van der Waals surface area contributed by atoms with Crippen LogP contribution in [0.25, 0.3) is 0 Å². The van der Waals surface area contributed by atoms with Crippen molar-refractivity contribution in [1.82, 2.24) is 0 Å². The summed E-state index contributed by atoms with van der Waals surface area (Å²) in [5.41, 5.74) is 1.51. The number of nitrogens with two attached hydrogens (primary N) is 1. The van der Waals surface area contributed by atoms with Crippen LogP contribution < -0.4 is 5.73 Å². The maximum absolute atomic E-state index is 13.9. The Morgan fingerprint density at radius 3 is 1.25 bits per heavy atom. The van der Waals surface area contributed by atoms with Crippen molar-refractivity contribution >= 4 is 63.0 Å². The van der Waals surface area contributed by atoms with Crippen LogP contribution in [0.1, 0.15) is 82.2 Å². The van der Waals surface area contributed by atoms with Gasteiger partial charge in [-0.2, -0.15) is 0 Å². The first-order valence-electron chi connectivity index (χ1n) is 16.1. The first-order valence-corrected chi connectivity index (χ1v) is 22.3. The van der Waals surface area contributed by atoms with Crippen LogP contribution in [0, 0.1) is 34.9 Å². The molecule has 0 bridgehead atoms. The standard InChI is InChI=1S/C12H14F2O4S.C11H12F2O4S.C8H7F2NO2.C3H7ClO2S/c1-3-6-19(16,17)7-8-4-5-9(13)10(11(8)14)12(15)18-2;1-2-5-18(16,17)6-7-3-4-8(12)9(10(7)13)11(14)15;1-13-8(12)6-4(9)2-3-5(11)7(6)10;1-2-3-7(4,5)6/h4-5H,3,6-7H2,1-2H3;3-4H,2,5-6H2,1H3,(H,14,15);2-3H,11H2,1H3;2-3H2,1H3. The van der Waals surface area contributed by atoms with Crippen LogP contribution in [0.3, 0.4) is 0 Å². The third-order valence-corrected chi connectivity index (χ3v) is 11.6. The quantitative estimate of drug-likeness (QED) is 0.0827. The van der Waals surface area contributed by atoms with Crippen molar-refractivity contribution in [3.05, 3.63) is 99.1 Å². The van der Waals surface area contributed by atoms with Gasteiger partial charge in [-0.15, -0.1) is 0 Å². The smallest absolute Gasteiger partial charge is 0.343 e. The van der Waals surface area contributed by atoms with E-state index in [0.29, 0.717) is 19.3 Å². The van der Waals surface area contributed by atoms with Gasteiger partial charge >= 0.3 is 17.9 Å². The summed E-state index contributed by atoms with van der Waals surface area (Å²) in [4.78, 5) is 32.8. The molecule has 0 aliphatic rings. The van der Waals surface area contributed by atoms with Crippen molar-refractivity contribution < 1.29 is 80.6 Å². The molecular formula is C34H40ClF6NO12S3. The minimum atomic E-state index is -3.52. The number of sulfone groups is 2. The van der Waals surface area contributed by atoms with E-state index in [2.05, 4.69) is 9.47 Å². The lowest BCUT2D eigenvalue weighted by Gasteiger charge is -2.08. The Morgan fingerprint density at radius 2 is 0.930 bits per heavy atom. The summed E-state index contributed by atoms with van der Waals surface area (Å²) in [6.07, 6.45) is 1.36.